The molecule has 2 aliphatic rings. The molecule has 0 spiro atoms. The van der Waals surface area contributed by atoms with E-state index in [1.54, 1.807) is 0 Å². The molecule has 20 heavy (non-hydrogen) atoms. The third kappa shape index (κ3) is 2.34. The Morgan fingerprint density at radius 2 is 1.05 bits per heavy atom. The fourth-order valence-corrected chi connectivity index (χ4v) is 2.90. The average molecular weight is 296 g/mol. The second-order valence-corrected chi connectivity index (χ2v) is 5.33. The topological polar surface area (TPSA) is 171 Å². The molecule has 9 nitrogen and oxygen atoms in total. The molecule has 2 rings (SSSR count). The molecular weight excluding hydrogens is 276 g/mol. The molecule has 1 saturated carbocycles. The van der Waals surface area contributed by atoms with Crippen LogP contribution in [0, 0.1) is 5.92 Å². The maximum Gasteiger partial charge on any atom is 0.111 e. The van der Waals surface area contributed by atoms with Crippen LogP contribution in [0.3, 0.4) is 0 Å². The van der Waals surface area contributed by atoms with E-state index in [9.17, 15) is 35.7 Å². The summed E-state index contributed by atoms with van der Waals surface area (Å²) in [5, 5.41) is 76.9. The van der Waals surface area contributed by atoms with E-state index in [0.29, 0.717) is 0 Å². The molecule has 0 aromatic rings. The van der Waals surface area contributed by atoms with Gasteiger partial charge in [0, 0.05) is 5.92 Å². The maximum atomic E-state index is 9.89. The fraction of sp³-hybridized carbons (Fsp3) is 1.00. The third-order valence-corrected chi connectivity index (χ3v) is 4.15. The predicted octanol–water partition coefficient (Wildman–Crippen LogP) is -5.10. The number of rotatable bonds is 2. The van der Waals surface area contributed by atoms with Crippen molar-refractivity contribution in [1.29, 1.82) is 0 Å². The van der Waals surface area contributed by atoms with Crippen LogP contribution < -0.4 is 0 Å². The van der Waals surface area contributed by atoms with Crippen LogP contribution >= 0.6 is 0 Å². The van der Waals surface area contributed by atoms with Crippen LogP contribution in [0.5, 0.6) is 0 Å². The summed E-state index contributed by atoms with van der Waals surface area (Å²) in [6.45, 7) is -0.647. The largest absolute Gasteiger partial charge is 0.394 e. The molecule has 0 bridgehead atoms. The van der Waals surface area contributed by atoms with E-state index in [0.717, 1.165) is 0 Å². The monoisotopic (exact) mass is 296 g/mol. The van der Waals surface area contributed by atoms with Crippen LogP contribution in [-0.4, -0.2) is 102 Å². The number of aliphatic hydroxyl groups excluding tert-OH is 8. The van der Waals surface area contributed by atoms with Crippen molar-refractivity contribution in [3.05, 3.63) is 0 Å². The van der Waals surface area contributed by atoms with E-state index < -0.39 is 67.5 Å². The van der Waals surface area contributed by atoms with Crippen molar-refractivity contribution in [1.82, 2.24) is 0 Å². The standard InChI is InChI=1S/C11H20O9/c12-1-2-4(13)7(16)10(19)11(20-2)3-5(14)8(17)9(18)6(3)15/h2-19H,1H2/t2-,3?,4-,5-,6+,7+,8-,9+,10-,11+/m1/s1. The van der Waals surface area contributed by atoms with Gasteiger partial charge in [0.1, 0.15) is 36.6 Å². The van der Waals surface area contributed by atoms with Crippen molar-refractivity contribution in [2.24, 2.45) is 5.92 Å². The van der Waals surface area contributed by atoms with Crippen molar-refractivity contribution < 1.29 is 45.6 Å². The molecule has 2 fully saturated rings. The molecule has 9 heteroatoms. The van der Waals surface area contributed by atoms with E-state index in [-0.39, 0.29) is 0 Å². The fourth-order valence-electron chi connectivity index (χ4n) is 2.90. The van der Waals surface area contributed by atoms with Gasteiger partial charge in [0.05, 0.1) is 24.9 Å². The van der Waals surface area contributed by atoms with Crippen LogP contribution in [0.4, 0.5) is 0 Å². The quantitative estimate of drug-likeness (QED) is 0.248. The second-order valence-electron chi connectivity index (χ2n) is 5.33. The maximum absolute atomic E-state index is 9.89. The first-order chi connectivity index (χ1) is 9.31. The molecule has 1 saturated heterocycles. The summed E-state index contributed by atoms with van der Waals surface area (Å²) in [4.78, 5) is 0. The Kier molecular flexibility index (Phi) is 4.64. The summed E-state index contributed by atoms with van der Waals surface area (Å²) >= 11 is 0. The Labute approximate surface area is 114 Å². The molecule has 0 aromatic heterocycles. The molecular formula is C11H20O9. The molecule has 1 aliphatic heterocycles. The highest BCUT2D eigenvalue weighted by atomic mass is 16.5. The molecule has 1 unspecified atom stereocenters. The first-order valence-corrected chi connectivity index (χ1v) is 6.34. The lowest BCUT2D eigenvalue weighted by molar-refractivity contribution is -0.253. The van der Waals surface area contributed by atoms with Gasteiger partial charge >= 0.3 is 0 Å². The molecule has 0 amide bonds. The Morgan fingerprint density at radius 1 is 0.600 bits per heavy atom. The van der Waals surface area contributed by atoms with E-state index in [1.165, 1.54) is 0 Å². The summed E-state index contributed by atoms with van der Waals surface area (Å²) in [7, 11) is 0. The van der Waals surface area contributed by atoms with Gasteiger partial charge in [0.2, 0.25) is 0 Å². The van der Waals surface area contributed by atoms with Crippen molar-refractivity contribution in [3.63, 3.8) is 0 Å². The van der Waals surface area contributed by atoms with Crippen LogP contribution in [0.2, 0.25) is 0 Å². The average Bonchev–Trinajstić information content (AvgIpc) is 2.62. The lowest BCUT2D eigenvalue weighted by atomic mass is 9.85. The number of aliphatic hydroxyl groups is 8. The normalized spacial score (nSPS) is 57.0. The van der Waals surface area contributed by atoms with Crippen LogP contribution in [0.15, 0.2) is 0 Å². The highest BCUT2D eigenvalue weighted by molar-refractivity contribution is 5.06. The highest BCUT2D eigenvalue weighted by Crippen LogP contribution is 2.36. The summed E-state index contributed by atoms with van der Waals surface area (Å²) < 4.78 is 5.20. The van der Waals surface area contributed by atoms with E-state index in [1.807, 2.05) is 0 Å². The molecule has 10 atom stereocenters. The van der Waals surface area contributed by atoms with E-state index in [2.05, 4.69) is 0 Å². The first kappa shape index (κ1) is 16.0. The summed E-state index contributed by atoms with van der Waals surface area (Å²) in [5.74, 6) is -1.27. The molecule has 0 radical (unpaired) electrons. The van der Waals surface area contributed by atoms with Gasteiger partial charge in [-0.2, -0.15) is 0 Å². The predicted molar refractivity (Wildman–Crippen MR) is 61.3 cm³/mol. The first-order valence-electron chi connectivity index (χ1n) is 6.34. The van der Waals surface area contributed by atoms with Crippen LogP contribution in [0.1, 0.15) is 0 Å². The van der Waals surface area contributed by atoms with Gasteiger partial charge in [0.15, 0.2) is 0 Å². The van der Waals surface area contributed by atoms with E-state index >= 15 is 0 Å². The number of hydrogen-bond donors (Lipinski definition) is 8. The zero-order valence-electron chi connectivity index (χ0n) is 10.5. The molecule has 1 heterocycles. The Hall–Kier alpha value is -0.360. The van der Waals surface area contributed by atoms with Gasteiger partial charge in [0.25, 0.3) is 0 Å². The van der Waals surface area contributed by atoms with Gasteiger partial charge in [-0.05, 0) is 0 Å². The Bertz CT molecular complexity index is 324. The van der Waals surface area contributed by atoms with Crippen molar-refractivity contribution in [2.45, 2.75) is 54.9 Å². The molecule has 0 aromatic carbocycles. The molecule has 118 valence electrons. The zero-order chi connectivity index (χ0) is 15.2. The zero-order valence-corrected chi connectivity index (χ0v) is 10.5. The molecule has 1 aliphatic carbocycles. The highest BCUT2D eigenvalue weighted by Gasteiger charge is 2.57. The van der Waals surface area contributed by atoms with Gasteiger partial charge in [-0.15, -0.1) is 0 Å². The second kappa shape index (κ2) is 5.79. The van der Waals surface area contributed by atoms with Gasteiger partial charge < -0.3 is 45.6 Å². The minimum Gasteiger partial charge on any atom is -0.394 e. The molecule has 8 N–H and O–H groups in total. The van der Waals surface area contributed by atoms with Crippen LogP contribution in [-0.2, 0) is 4.74 Å². The number of hydrogen-bond acceptors (Lipinski definition) is 9. The number of ether oxygens (including phenoxy) is 1. The van der Waals surface area contributed by atoms with Gasteiger partial charge in [-0.3, -0.25) is 0 Å². The lowest BCUT2D eigenvalue weighted by Crippen LogP contribution is -2.62. The minimum absolute atomic E-state index is 0.647. The smallest absolute Gasteiger partial charge is 0.111 e. The Balaban J connectivity index is 2.23. The van der Waals surface area contributed by atoms with E-state index in [4.69, 9.17) is 9.84 Å². The third-order valence-electron chi connectivity index (χ3n) is 4.15. The van der Waals surface area contributed by atoms with Gasteiger partial charge in [-0.1, -0.05) is 0 Å². The summed E-state index contributed by atoms with van der Waals surface area (Å²) in [5.41, 5.74) is 0. The van der Waals surface area contributed by atoms with Gasteiger partial charge in [-0.25, -0.2) is 0 Å². The minimum atomic E-state index is -1.65. The lowest BCUT2D eigenvalue weighted by Gasteiger charge is -2.43. The van der Waals surface area contributed by atoms with Crippen LogP contribution in [0.25, 0.3) is 0 Å². The SMILES string of the molecule is OC[C@H]1O[C@@H](C2[C@@H](O)[C@@H](O)[C@@H](O)[C@H]2O)[C@H](O)[C@@H](O)[C@@H]1O. The Morgan fingerprint density at radius 3 is 1.50 bits per heavy atom. The van der Waals surface area contributed by atoms with Crippen molar-refractivity contribution in [3.8, 4) is 0 Å². The van der Waals surface area contributed by atoms with Crippen molar-refractivity contribution in [2.75, 3.05) is 6.61 Å². The summed E-state index contributed by atoms with van der Waals surface area (Å²) in [6.07, 6.45) is -13.8. The summed E-state index contributed by atoms with van der Waals surface area (Å²) in [6, 6.07) is 0. The van der Waals surface area contributed by atoms with Crippen molar-refractivity contribution >= 4 is 0 Å².